The number of nitrogens with zero attached hydrogens (tertiary/aromatic N) is 2. The Morgan fingerprint density at radius 2 is 1.92 bits per heavy atom. The largest absolute Gasteiger partial charge is 0.330 e. The molecule has 1 heterocycles. The molecule has 0 saturated carbocycles. The lowest BCUT2D eigenvalue weighted by atomic mass is 9.92. The second-order valence-corrected chi connectivity index (χ2v) is 7.49. The molecule has 6 heteroatoms. The summed E-state index contributed by atoms with van der Waals surface area (Å²) in [6.45, 7) is 12.6. The van der Waals surface area contributed by atoms with Crippen molar-refractivity contribution in [1.82, 2.24) is 9.78 Å². The van der Waals surface area contributed by atoms with E-state index in [0.29, 0.717) is 12.4 Å². The maximum absolute atomic E-state index is 12.3. The van der Waals surface area contributed by atoms with Crippen LogP contribution in [0.4, 0.5) is 5.82 Å². The first-order valence-electron chi connectivity index (χ1n) is 8.32. The fraction of sp³-hybridized carbons (Fsp3) is 0.474. The highest BCUT2D eigenvalue weighted by molar-refractivity contribution is 5.92. The summed E-state index contributed by atoms with van der Waals surface area (Å²) in [5.74, 6) is 0.339. The minimum atomic E-state index is -0.245. The van der Waals surface area contributed by atoms with Crippen molar-refractivity contribution in [3.63, 3.8) is 0 Å². The summed E-state index contributed by atoms with van der Waals surface area (Å²) < 4.78 is 1.82. The normalized spacial score (nSPS) is 12.4. The Morgan fingerprint density at radius 1 is 1.28 bits per heavy atom. The van der Waals surface area contributed by atoms with E-state index in [9.17, 15) is 4.79 Å². The molecular formula is C19H29ClN4O. The molecule has 2 aromatic rings. The molecule has 0 aliphatic heterocycles. The predicted octanol–water partition coefficient (Wildman–Crippen LogP) is 3.74. The highest BCUT2D eigenvalue weighted by Gasteiger charge is 2.23. The summed E-state index contributed by atoms with van der Waals surface area (Å²) in [6, 6.07) is 8.14. The van der Waals surface area contributed by atoms with E-state index in [0.717, 1.165) is 16.9 Å². The molecular weight excluding hydrogens is 336 g/mol. The van der Waals surface area contributed by atoms with Crippen molar-refractivity contribution in [3.05, 3.63) is 41.1 Å². The van der Waals surface area contributed by atoms with E-state index < -0.39 is 0 Å². The monoisotopic (exact) mass is 364 g/mol. The lowest BCUT2D eigenvalue weighted by Gasteiger charge is -2.14. The van der Waals surface area contributed by atoms with Gasteiger partial charge in [0.2, 0.25) is 5.91 Å². The Morgan fingerprint density at radius 3 is 2.44 bits per heavy atom. The Kier molecular flexibility index (Phi) is 6.80. The molecule has 1 aromatic heterocycles. The van der Waals surface area contributed by atoms with E-state index in [2.05, 4.69) is 52.1 Å². The second-order valence-electron chi connectivity index (χ2n) is 7.49. The lowest BCUT2D eigenvalue weighted by Crippen LogP contribution is -2.27. The van der Waals surface area contributed by atoms with Gasteiger partial charge in [-0.3, -0.25) is 4.79 Å². The van der Waals surface area contributed by atoms with Gasteiger partial charge < -0.3 is 11.1 Å². The number of carbonyl (C=O) groups is 1. The van der Waals surface area contributed by atoms with Gasteiger partial charge in [0, 0.05) is 23.9 Å². The third-order valence-electron chi connectivity index (χ3n) is 4.11. The standard InChI is InChI=1S/C19H28N4O.ClH/c1-12-7-8-15(13(2)9-12)23-17(21-18(24)14(3)11-20)10-16(22-23)19(4,5)6;/h7-10,14H,11,20H2,1-6H3,(H,21,24);1H. The lowest BCUT2D eigenvalue weighted by molar-refractivity contribution is -0.119. The Hall–Kier alpha value is -1.85. The van der Waals surface area contributed by atoms with Crippen molar-refractivity contribution in [2.75, 3.05) is 11.9 Å². The maximum atomic E-state index is 12.3. The van der Waals surface area contributed by atoms with E-state index in [-0.39, 0.29) is 29.6 Å². The topological polar surface area (TPSA) is 72.9 Å². The van der Waals surface area contributed by atoms with Gasteiger partial charge >= 0.3 is 0 Å². The van der Waals surface area contributed by atoms with Crippen LogP contribution >= 0.6 is 12.4 Å². The molecule has 3 N–H and O–H groups in total. The number of benzene rings is 1. The number of hydrogen-bond acceptors (Lipinski definition) is 3. The molecule has 0 radical (unpaired) electrons. The number of carbonyl (C=O) groups excluding carboxylic acids is 1. The summed E-state index contributed by atoms with van der Waals surface area (Å²) in [4.78, 5) is 12.3. The quantitative estimate of drug-likeness (QED) is 0.867. The van der Waals surface area contributed by atoms with Crippen LogP contribution in [0.5, 0.6) is 0 Å². The molecule has 25 heavy (non-hydrogen) atoms. The van der Waals surface area contributed by atoms with Gasteiger partial charge in [-0.2, -0.15) is 5.10 Å². The number of aromatic nitrogens is 2. The van der Waals surface area contributed by atoms with Crippen LogP contribution in [0.2, 0.25) is 0 Å². The van der Waals surface area contributed by atoms with Gasteiger partial charge in [0.1, 0.15) is 5.82 Å². The molecule has 0 aliphatic rings. The van der Waals surface area contributed by atoms with Crippen LogP contribution in [0.25, 0.3) is 5.69 Å². The number of hydrogen-bond donors (Lipinski definition) is 2. The van der Waals surface area contributed by atoms with Crippen molar-refractivity contribution in [2.24, 2.45) is 11.7 Å². The number of anilines is 1. The molecule has 1 unspecified atom stereocenters. The molecule has 0 aliphatic carbocycles. The SMILES string of the molecule is Cc1ccc(-n2nc(C(C)(C)C)cc2NC(=O)C(C)CN)c(C)c1.Cl. The molecule has 2 rings (SSSR count). The van der Waals surface area contributed by atoms with Crippen molar-refractivity contribution < 1.29 is 4.79 Å². The molecule has 138 valence electrons. The van der Waals surface area contributed by atoms with E-state index in [1.54, 1.807) is 0 Å². The first-order chi connectivity index (χ1) is 11.1. The molecule has 0 bridgehead atoms. The minimum absolute atomic E-state index is 0. The van der Waals surface area contributed by atoms with Gasteiger partial charge in [0.25, 0.3) is 0 Å². The van der Waals surface area contributed by atoms with Crippen LogP contribution in [0.15, 0.2) is 24.3 Å². The number of aryl methyl sites for hydroxylation is 2. The smallest absolute Gasteiger partial charge is 0.229 e. The number of nitrogens with one attached hydrogen (secondary N) is 1. The average molecular weight is 365 g/mol. The maximum Gasteiger partial charge on any atom is 0.229 e. The number of halogens is 1. The van der Waals surface area contributed by atoms with E-state index in [1.165, 1.54) is 5.56 Å². The Bertz CT molecular complexity index is 746. The fourth-order valence-electron chi connectivity index (χ4n) is 2.42. The first-order valence-corrected chi connectivity index (χ1v) is 8.32. The predicted molar refractivity (Wildman–Crippen MR) is 106 cm³/mol. The van der Waals surface area contributed by atoms with Gasteiger partial charge in [0.05, 0.1) is 11.4 Å². The fourth-order valence-corrected chi connectivity index (χ4v) is 2.42. The Balaban J connectivity index is 0.00000312. The van der Waals surface area contributed by atoms with Crippen molar-refractivity contribution in [3.8, 4) is 5.69 Å². The van der Waals surface area contributed by atoms with Crippen LogP contribution < -0.4 is 11.1 Å². The van der Waals surface area contributed by atoms with Crippen LogP contribution in [-0.4, -0.2) is 22.2 Å². The van der Waals surface area contributed by atoms with Gasteiger partial charge in [-0.1, -0.05) is 45.4 Å². The number of rotatable bonds is 4. The molecule has 5 nitrogen and oxygen atoms in total. The molecule has 0 saturated heterocycles. The molecule has 1 aromatic carbocycles. The van der Waals surface area contributed by atoms with Crippen LogP contribution in [0.3, 0.4) is 0 Å². The zero-order valence-electron chi connectivity index (χ0n) is 15.9. The third kappa shape index (κ3) is 4.83. The van der Waals surface area contributed by atoms with Crippen molar-refractivity contribution in [1.29, 1.82) is 0 Å². The van der Waals surface area contributed by atoms with E-state index >= 15 is 0 Å². The highest BCUT2D eigenvalue weighted by atomic mass is 35.5. The van der Waals surface area contributed by atoms with Crippen LogP contribution in [-0.2, 0) is 10.2 Å². The van der Waals surface area contributed by atoms with Crippen molar-refractivity contribution >= 4 is 24.1 Å². The van der Waals surface area contributed by atoms with Crippen LogP contribution in [0, 0.1) is 19.8 Å². The van der Waals surface area contributed by atoms with Gasteiger partial charge in [-0.15, -0.1) is 12.4 Å². The number of amides is 1. The number of nitrogens with two attached hydrogens (primary N) is 1. The van der Waals surface area contributed by atoms with Gasteiger partial charge in [-0.25, -0.2) is 4.68 Å². The van der Waals surface area contributed by atoms with Gasteiger partial charge in [0.15, 0.2) is 0 Å². The van der Waals surface area contributed by atoms with E-state index in [1.807, 2.05) is 23.7 Å². The summed E-state index contributed by atoms with van der Waals surface area (Å²) in [5.41, 5.74) is 9.70. The van der Waals surface area contributed by atoms with Crippen LogP contribution in [0.1, 0.15) is 44.5 Å². The zero-order valence-corrected chi connectivity index (χ0v) is 16.7. The van der Waals surface area contributed by atoms with Crippen molar-refractivity contribution in [2.45, 2.75) is 47.0 Å². The Labute approximate surface area is 156 Å². The summed E-state index contributed by atoms with van der Waals surface area (Å²) in [5, 5.41) is 7.73. The molecule has 0 spiro atoms. The summed E-state index contributed by atoms with van der Waals surface area (Å²) in [7, 11) is 0. The zero-order chi connectivity index (χ0) is 18.1. The van der Waals surface area contributed by atoms with E-state index in [4.69, 9.17) is 10.8 Å². The second kappa shape index (κ2) is 8.02. The third-order valence-corrected chi connectivity index (χ3v) is 4.11. The highest BCUT2D eigenvalue weighted by Crippen LogP contribution is 2.28. The minimum Gasteiger partial charge on any atom is -0.330 e. The molecule has 1 amide bonds. The average Bonchev–Trinajstić information content (AvgIpc) is 2.90. The van der Waals surface area contributed by atoms with Gasteiger partial charge in [-0.05, 0) is 25.5 Å². The summed E-state index contributed by atoms with van der Waals surface area (Å²) in [6.07, 6.45) is 0. The summed E-state index contributed by atoms with van der Waals surface area (Å²) >= 11 is 0. The first kappa shape index (κ1) is 21.2. The molecule has 1 atom stereocenters. The molecule has 0 fully saturated rings.